The van der Waals surface area contributed by atoms with Gasteiger partial charge in [0.2, 0.25) is 11.8 Å². The third kappa shape index (κ3) is 3.31. The summed E-state index contributed by atoms with van der Waals surface area (Å²) in [7, 11) is 0. The van der Waals surface area contributed by atoms with Gasteiger partial charge in [-0.2, -0.15) is 0 Å². The molecule has 0 spiro atoms. The van der Waals surface area contributed by atoms with Crippen molar-refractivity contribution < 1.29 is 18.4 Å². The molecule has 7 heteroatoms. The first-order valence-corrected chi connectivity index (χ1v) is 8.66. The Morgan fingerprint density at radius 1 is 1.33 bits per heavy atom. The molecule has 3 rings (SSSR count). The van der Waals surface area contributed by atoms with Crippen LogP contribution in [0.15, 0.2) is 47.3 Å². The van der Waals surface area contributed by atoms with Gasteiger partial charge >= 0.3 is 0 Å². The predicted molar refractivity (Wildman–Crippen MR) is 89.9 cm³/mol. The van der Waals surface area contributed by atoms with Crippen molar-refractivity contribution in [2.75, 3.05) is 11.1 Å². The van der Waals surface area contributed by atoms with Gasteiger partial charge in [0.05, 0.1) is 12.5 Å². The zero-order valence-electron chi connectivity index (χ0n) is 13.1. The zero-order chi connectivity index (χ0) is 17.1. The number of nitrogens with zero attached hydrogens (tertiary/aromatic N) is 1. The van der Waals surface area contributed by atoms with Crippen molar-refractivity contribution in [1.29, 1.82) is 0 Å². The van der Waals surface area contributed by atoms with E-state index in [-0.39, 0.29) is 23.0 Å². The quantitative estimate of drug-likeness (QED) is 0.920. The number of hydrogen-bond acceptors (Lipinski definition) is 4. The fourth-order valence-electron chi connectivity index (χ4n) is 2.63. The van der Waals surface area contributed by atoms with Crippen molar-refractivity contribution >= 4 is 29.3 Å². The Labute approximate surface area is 143 Å². The number of halogens is 1. The summed E-state index contributed by atoms with van der Waals surface area (Å²) in [5.41, 5.74) is 1.36. The molecular weight excluding hydrogens is 331 g/mol. The van der Waals surface area contributed by atoms with Crippen molar-refractivity contribution in [2.45, 2.75) is 24.8 Å². The average molecular weight is 348 g/mol. The summed E-state index contributed by atoms with van der Waals surface area (Å²) in [6.45, 7) is 1.77. The fourth-order valence-corrected chi connectivity index (χ4v) is 4.05. The Kier molecular flexibility index (Phi) is 4.89. The lowest BCUT2D eigenvalue weighted by Crippen LogP contribution is -2.45. The summed E-state index contributed by atoms with van der Waals surface area (Å²) in [5, 5.41) is 2.51. The molecule has 1 aliphatic rings. The first kappa shape index (κ1) is 16.6. The van der Waals surface area contributed by atoms with Crippen molar-refractivity contribution in [1.82, 2.24) is 4.90 Å². The predicted octanol–water partition coefficient (Wildman–Crippen LogP) is 3.41. The maximum absolute atomic E-state index is 13.0. The highest BCUT2D eigenvalue weighted by Crippen LogP contribution is 2.42. The van der Waals surface area contributed by atoms with Crippen LogP contribution in [0.1, 0.15) is 24.3 Å². The molecule has 1 aliphatic heterocycles. The van der Waals surface area contributed by atoms with Gasteiger partial charge in [-0.05, 0) is 30.3 Å². The molecule has 1 aromatic heterocycles. The Morgan fingerprint density at radius 3 is 2.71 bits per heavy atom. The molecule has 2 heterocycles. The molecule has 2 amide bonds. The Hall–Kier alpha value is -2.28. The van der Waals surface area contributed by atoms with Crippen molar-refractivity contribution in [2.24, 2.45) is 0 Å². The van der Waals surface area contributed by atoms with Gasteiger partial charge in [-0.1, -0.05) is 6.92 Å². The van der Waals surface area contributed by atoms with Crippen molar-refractivity contribution in [3.8, 4) is 0 Å². The van der Waals surface area contributed by atoms with Crippen LogP contribution < -0.4 is 5.32 Å². The number of benzene rings is 1. The molecule has 1 saturated heterocycles. The molecule has 24 heavy (non-hydrogen) atoms. The number of anilines is 1. The van der Waals surface area contributed by atoms with Gasteiger partial charge in [-0.3, -0.25) is 9.59 Å². The van der Waals surface area contributed by atoms with Gasteiger partial charge in [0, 0.05) is 23.4 Å². The van der Waals surface area contributed by atoms with E-state index in [1.165, 1.54) is 36.0 Å². The molecule has 0 radical (unpaired) electrons. The van der Waals surface area contributed by atoms with E-state index in [1.54, 1.807) is 30.4 Å². The van der Waals surface area contributed by atoms with E-state index >= 15 is 0 Å². The van der Waals surface area contributed by atoms with E-state index in [2.05, 4.69) is 5.32 Å². The minimum atomic E-state index is -0.576. The molecule has 0 saturated carbocycles. The number of furan rings is 1. The van der Waals surface area contributed by atoms with Crippen molar-refractivity contribution in [3.63, 3.8) is 0 Å². The highest BCUT2D eigenvalue weighted by atomic mass is 32.2. The van der Waals surface area contributed by atoms with Gasteiger partial charge in [-0.25, -0.2) is 4.39 Å². The van der Waals surface area contributed by atoms with Gasteiger partial charge in [0.25, 0.3) is 0 Å². The highest BCUT2D eigenvalue weighted by molar-refractivity contribution is 7.99. The van der Waals surface area contributed by atoms with Crippen LogP contribution in [0.2, 0.25) is 0 Å². The number of nitrogens with one attached hydrogen (secondary N) is 1. The molecular formula is C17H17FN2O3S. The highest BCUT2D eigenvalue weighted by Gasteiger charge is 2.42. The average Bonchev–Trinajstić information content (AvgIpc) is 3.25. The molecule has 1 N–H and O–H groups in total. The lowest BCUT2D eigenvalue weighted by atomic mass is 10.2. The second-order valence-electron chi connectivity index (χ2n) is 5.41. The Bertz CT molecular complexity index is 718. The van der Waals surface area contributed by atoms with E-state index in [0.717, 1.165) is 5.56 Å². The third-order valence-corrected chi connectivity index (χ3v) is 5.16. The van der Waals surface area contributed by atoms with Crippen LogP contribution in [0.4, 0.5) is 10.1 Å². The van der Waals surface area contributed by atoms with Crippen LogP contribution in [0.3, 0.4) is 0 Å². The van der Waals surface area contributed by atoms with Gasteiger partial charge < -0.3 is 14.6 Å². The summed E-state index contributed by atoms with van der Waals surface area (Å²) in [5.74, 6) is -0.242. The van der Waals surface area contributed by atoms with E-state index in [4.69, 9.17) is 4.42 Å². The summed E-state index contributed by atoms with van der Waals surface area (Å²) >= 11 is 1.53. The largest absolute Gasteiger partial charge is 0.472 e. The van der Waals surface area contributed by atoms with Gasteiger partial charge in [0.1, 0.15) is 17.2 Å². The third-order valence-electron chi connectivity index (χ3n) is 3.83. The molecule has 1 fully saturated rings. The summed E-state index contributed by atoms with van der Waals surface area (Å²) in [4.78, 5) is 26.6. The lowest BCUT2D eigenvalue weighted by Gasteiger charge is -2.28. The van der Waals surface area contributed by atoms with Crippen LogP contribution in [-0.4, -0.2) is 28.5 Å². The second-order valence-corrected chi connectivity index (χ2v) is 6.52. The first-order valence-electron chi connectivity index (χ1n) is 7.61. The van der Waals surface area contributed by atoms with Crippen LogP contribution in [0.25, 0.3) is 0 Å². The SMILES string of the molecule is CCC(=O)N1C(C(=O)Nc2ccc(F)cc2)CSC1c1ccoc1. The number of hydrogen-bond donors (Lipinski definition) is 1. The van der Waals surface area contributed by atoms with Crippen LogP contribution >= 0.6 is 11.8 Å². The summed E-state index contributed by atoms with van der Waals surface area (Å²) in [6, 6.07) is 6.77. The topological polar surface area (TPSA) is 62.6 Å². The van der Waals surface area contributed by atoms with Gasteiger partial charge in [-0.15, -0.1) is 11.8 Å². The van der Waals surface area contributed by atoms with E-state index in [9.17, 15) is 14.0 Å². The van der Waals surface area contributed by atoms with Crippen LogP contribution in [0, 0.1) is 5.82 Å². The van der Waals surface area contributed by atoms with Crippen molar-refractivity contribution in [3.05, 3.63) is 54.2 Å². The normalized spacial score (nSPS) is 20.2. The lowest BCUT2D eigenvalue weighted by molar-refractivity contribution is -0.137. The van der Waals surface area contributed by atoms with E-state index in [1.807, 2.05) is 0 Å². The molecule has 2 atom stereocenters. The Morgan fingerprint density at radius 2 is 2.08 bits per heavy atom. The molecule has 2 aromatic rings. The second kappa shape index (κ2) is 7.09. The van der Waals surface area contributed by atoms with Crippen LogP contribution in [0.5, 0.6) is 0 Å². The molecule has 0 aliphatic carbocycles. The molecule has 5 nitrogen and oxygen atoms in total. The maximum atomic E-state index is 13.0. The molecule has 126 valence electrons. The molecule has 1 aromatic carbocycles. The monoisotopic (exact) mass is 348 g/mol. The number of rotatable bonds is 4. The Balaban J connectivity index is 1.79. The summed E-state index contributed by atoms with van der Waals surface area (Å²) in [6.07, 6.45) is 3.46. The smallest absolute Gasteiger partial charge is 0.248 e. The minimum Gasteiger partial charge on any atom is -0.472 e. The molecule has 0 bridgehead atoms. The standard InChI is InChI=1S/C17H17FN2O3S/c1-2-15(21)20-14(10-24-17(20)11-7-8-23-9-11)16(22)19-13-5-3-12(18)4-6-13/h3-9,14,17H,2,10H2,1H3,(H,19,22). The number of thioether (sulfide) groups is 1. The van der Waals surface area contributed by atoms with Gasteiger partial charge in [0.15, 0.2) is 0 Å². The van der Waals surface area contributed by atoms with E-state index in [0.29, 0.717) is 17.9 Å². The van der Waals surface area contributed by atoms with Crippen LogP contribution in [-0.2, 0) is 9.59 Å². The zero-order valence-corrected chi connectivity index (χ0v) is 13.9. The number of carbonyl (C=O) groups is 2. The van der Waals surface area contributed by atoms with E-state index < -0.39 is 6.04 Å². The first-order chi connectivity index (χ1) is 11.6. The maximum Gasteiger partial charge on any atom is 0.248 e. The summed E-state index contributed by atoms with van der Waals surface area (Å²) < 4.78 is 18.1. The number of amides is 2. The fraction of sp³-hybridized carbons (Fsp3) is 0.294. The molecule has 2 unspecified atom stereocenters. The number of carbonyl (C=O) groups excluding carboxylic acids is 2. The minimum absolute atomic E-state index is 0.0922.